The van der Waals surface area contributed by atoms with Crippen molar-refractivity contribution in [2.24, 2.45) is 10.2 Å². The standard InChI is InChI=1S/C19H16BrN3O4S/c20-14-7-6-13(15(8-14)27-11-12-4-2-1-3-5-12)10-21-23-19-22-18(26)16(28-19)9-17(24)25/h1-8,10,16H,9,11H2,(H,24,25)(H,22,23,26). The van der Waals surface area contributed by atoms with Crippen molar-refractivity contribution in [2.45, 2.75) is 18.3 Å². The molecule has 28 heavy (non-hydrogen) atoms. The molecular formula is C19H16BrN3O4S. The Morgan fingerprint density at radius 1 is 1.29 bits per heavy atom. The number of benzene rings is 2. The molecular weight excluding hydrogens is 446 g/mol. The van der Waals surface area contributed by atoms with E-state index >= 15 is 0 Å². The van der Waals surface area contributed by atoms with Crippen LogP contribution < -0.4 is 10.1 Å². The molecule has 0 saturated carbocycles. The first-order valence-electron chi connectivity index (χ1n) is 8.28. The van der Waals surface area contributed by atoms with Gasteiger partial charge in [0, 0.05) is 10.0 Å². The third kappa shape index (κ3) is 5.67. The van der Waals surface area contributed by atoms with Gasteiger partial charge in [-0.05, 0) is 23.8 Å². The first-order chi connectivity index (χ1) is 13.5. The molecule has 1 atom stereocenters. The summed E-state index contributed by atoms with van der Waals surface area (Å²) in [5.41, 5.74) is 1.76. The van der Waals surface area contributed by atoms with E-state index in [2.05, 4.69) is 31.4 Å². The summed E-state index contributed by atoms with van der Waals surface area (Å²) in [6.45, 7) is 0.412. The molecule has 1 unspecified atom stereocenters. The van der Waals surface area contributed by atoms with Crippen LogP contribution >= 0.6 is 27.7 Å². The van der Waals surface area contributed by atoms with Crippen LogP contribution in [0.15, 0.2) is 63.2 Å². The second-order valence-electron chi connectivity index (χ2n) is 5.80. The van der Waals surface area contributed by atoms with Crippen molar-refractivity contribution in [3.05, 3.63) is 64.1 Å². The number of amides is 1. The molecule has 0 radical (unpaired) electrons. The molecule has 2 N–H and O–H groups in total. The van der Waals surface area contributed by atoms with E-state index in [0.717, 1.165) is 27.4 Å². The summed E-state index contributed by atoms with van der Waals surface area (Å²) in [7, 11) is 0. The number of ether oxygens (including phenoxy) is 1. The summed E-state index contributed by atoms with van der Waals surface area (Å²) in [6.07, 6.45) is 1.26. The fourth-order valence-corrected chi connectivity index (χ4v) is 3.62. The summed E-state index contributed by atoms with van der Waals surface area (Å²) < 4.78 is 6.76. The third-order valence-electron chi connectivity index (χ3n) is 3.69. The van der Waals surface area contributed by atoms with Crippen molar-refractivity contribution >= 4 is 51.0 Å². The number of thioether (sulfide) groups is 1. The normalized spacial score (nSPS) is 17.8. The van der Waals surface area contributed by atoms with Gasteiger partial charge in [-0.25, -0.2) is 0 Å². The lowest BCUT2D eigenvalue weighted by Crippen LogP contribution is -2.26. The van der Waals surface area contributed by atoms with Crippen molar-refractivity contribution in [3.8, 4) is 5.75 Å². The lowest BCUT2D eigenvalue weighted by molar-refractivity contribution is -0.138. The van der Waals surface area contributed by atoms with Gasteiger partial charge in [0.2, 0.25) is 5.91 Å². The molecule has 1 heterocycles. The van der Waals surface area contributed by atoms with Gasteiger partial charge in [-0.15, -0.1) is 5.10 Å². The minimum absolute atomic E-state index is 0.260. The molecule has 0 spiro atoms. The predicted octanol–water partition coefficient (Wildman–Crippen LogP) is 3.42. The quantitative estimate of drug-likeness (QED) is 0.485. The monoisotopic (exact) mass is 461 g/mol. The van der Waals surface area contributed by atoms with Crippen LogP contribution in [0.4, 0.5) is 0 Å². The first kappa shape index (κ1) is 20.1. The van der Waals surface area contributed by atoms with Gasteiger partial charge in [0.25, 0.3) is 0 Å². The second kappa shape index (κ2) is 9.52. The molecule has 1 aliphatic rings. The van der Waals surface area contributed by atoms with Crippen LogP contribution in [0.25, 0.3) is 0 Å². The number of carboxylic acids is 1. The highest BCUT2D eigenvalue weighted by atomic mass is 79.9. The minimum Gasteiger partial charge on any atom is -0.488 e. The Balaban J connectivity index is 1.68. The van der Waals surface area contributed by atoms with E-state index < -0.39 is 11.2 Å². The maximum atomic E-state index is 11.7. The van der Waals surface area contributed by atoms with Gasteiger partial charge in [0.15, 0.2) is 5.17 Å². The van der Waals surface area contributed by atoms with E-state index in [1.165, 1.54) is 6.21 Å². The number of nitrogens with one attached hydrogen (secondary N) is 1. The Morgan fingerprint density at radius 3 is 2.82 bits per heavy atom. The number of amidine groups is 1. The molecule has 0 bridgehead atoms. The predicted molar refractivity (Wildman–Crippen MR) is 112 cm³/mol. The van der Waals surface area contributed by atoms with E-state index in [0.29, 0.717) is 12.4 Å². The third-order valence-corrected chi connectivity index (χ3v) is 5.26. The van der Waals surface area contributed by atoms with E-state index in [9.17, 15) is 9.59 Å². The van der Waals surface area contributed by atoms with Crippen LogP contribution in [0.1, 0.15) is 17.5 Å². The highest BCUT2D eigenvalue weighted by Gasteiger charge is 2.32. The number of hydrogen-bond acceptors (Lipinski definition) is 6. The molecule has 144 valence electrons. The zero-order valence-corrected chi connectivity index (χ0v) is 16.9. The highest BCUT2D eigenvalue weighted by Crippen LogP contribution is 2.24. The lowest BCUT2D eigenvalue weighted by atomic mass is 10.2. The highest BCUT2D eigenvalue weighted by molar-refractivity contribution is 9.10. The van der Waals surface area contributed by atoms with Gasteiger partial charge in [-0.3, -0.25) is 9.59 Å². The average Bonchev–Trinajstić information content (AvgIpc) is 3.01. The maximum absolute atomic E-state index is 11.7. The van der Waals surface area contributed by atoms with Gasteiger partial charge in [-0.1, -0.05) is 58.0 Å². The number of carbonyl (C=O) groups excluding carboxylic acids is 1. The smallest absolute Gasteiger partial charge is 0.305 e. The van der Waals surface area contributed by atoms with E-state index in [-0.39, 0.29) is 17.5 Å². The van der Waals surface area contributed by atoms with E-state index in [1.54, 1.807) is 0 Å². The molecule has 0 aromatic heterocycles. The van der Waals surface area contributed by atoms with Crippen LogP contribution in [0.2, 0.25) is 0 Å². The molecule has 1 amide bonds. The molecule has 3 rings (SSSR count). The van der Waals surface area contributed by atoms with Crippen LogP contribution in [0, 0.1) is 0 Å². The zero-order valence-electron chi connectivity index (χ0n) is 14.5. The molecule has 2 aromatic carbocycles. The topological polar surface area (TPSA) is 100 Å². The fraction of sp³-hybridized carbons (Fsp3) is 0.158. The summed E-state index contributed by atoms with van der Waals surface area (Å²) in [4.78, 5) is 22.5. The molecule has 7 nitrogen and oxygen atoms in total. The summed E-state index contributed by atoms with van der Waals surface area (Å²) >= 11 is 4.48. The lowest BCUT2D eigenvalue weighted by Gasteiger charge is -2.09. The van der Waals surface area contributed by atoms with Gasteiger partial charge in [0.1, 0.15) is 17.6 Å². The molecule has 1 aliphatic heterocycles. The van der Waals surface area contributed by atoms with Crippen molar-refractivity contribution in [1.29, 1.82) is 0 Å². The van der Waals surface area contributed by atoms with Crippen LogP contribution in [-0.2, 0) is 16.2 Å². The van der Waals surface area contributed by atoms with Gasteiger partial charge >= 0.3 is 5.97 Å². The Labute approximate surface area is 174 Å². The molecule has 1 fully saturated rings. The SMILES string of the molecule is O=C(O)CC1SC(=NN=Cc2ccc(Br)cc2OCc2ccccc2)NC1=O. The Hall–Kier alpha value is -2.65. The molecule has 2 aromatic rings. The maximum Gasteiger partial charge on any atom is 0.305 e. The Bertz CT molecular complexity index is 934. The Morgan fingerprint density at radius 2 is 2.07 bits per heavy atom. The van der Waals surface area contributed by atoms with Crippen molar-refractivity contribution < 1.29 is 19.4 Å². The fourth-order valence-electron chi connectivity index (χ4n) is 2.36. The van der Waals surface area contributed by atoms with Crippen LogP contribution in [-0.4, -0.2) is 33.6 Å². The van der Waals surface area contributed by atoms with Crippen LogP contribution in [0.3, 0.4) is 0 Å². The van der Waals surface area contributed by atoms with Gasteiger partial charge in [0.05, 0.1) is 12.6 Å². The number of halogens is 1. The molecule has 1 saturated heterocycles. The van der Waals surface area contributed by atoms with Gasteiger partial charge < -0.3 is 15.2 Å². The second-order valence-corrected chi connectivity index (χ2v) is 7.91. The zero-order chi connectivity index (χ0) is 19.9. The minimum atomic E-state index is -1.03. The summed E-state index contributed by atoms with van der Waals surface area (Å²) in [5.74, 6) is -0.779. The first-order valence-corrected chi connectivity index (χ1v) is 9.95. The summed E-state index contributed by atoms with van der Waals surface area (Å²) in [6, 6.07) is 15.3. The van der Waals surface area contributed by atoms with E-state index in [4.69, 9.17) is 9.84 Å². The van der Waals surface area contributed by atoms with E-state index in [1.807, 2.05) is 48.5 Å². The Kier molecular flexibility index (Phi) is 6.83. The van der Waals surface area contributed by atoms with Crippen molar-refractivity contribution in [3.63, 3.8) is 0 Å². The summed E-state index contributed by atoms with van der Waals surface area (Å²) in [5, 5.41) is 18.9. The number of hydrogen-bond donors (Lipinski definition) is 2. The number of nitrogens with zero attached hydrogens (tertiary/aromatic N) is 2. The number of aliphatic carboxylic acids is 1. The molecule has 9 heteroatoms. The number of carbonyl (C=O) groups is 2. The average molecular weight is 462 g/mol. The van der Waals surface area contributed by atoms with Crippen molar-refractivity contribution in [1.82, 2.24) is 5.32 Å². The number of carboxylic acid groups (broad SMARTS) is 1. The van der Waals surface area contributed by atoms with Crippen molar-refractivity contribution in [2.75, 3.05) is 0 Å². The van der Waals surface area contributed by atoms with Gasteiger partial charge in [-0.2, -0.15) is 5.10 Å². The largest absolute Gasteiger partial charge is 0.488 e. The molecule has 0 aliphatic carbocycles. The van der Waals surface area contributed by atoms with Crippen LogP contribution in [0.5, 0.6) is 5.75 Å². The number of rotatable bonds is 7.